The van der Waals surface area contributed by atoms with Crippen molar-refractivity contribution in [2.75, 3.05) is 10.6 Å². The van der Waals surface area contributed by atoms with Crippen LogP contribution in [0.1, 0.15) is 51.1 Å². The number of imidazole rings is 1. The molecule has 4 rings (SSSR count). The van der Waals surface area contributed by atoms with Crippen molar-refractivity contribution in [3.63, 3.8) is 0 Å². The van der Waals surface area contributed by atoms with Gasteiger partial charge in [-0.3, -0.25) is 0 Å². The van der Waals surface area contributed by atoms with E-state index < -0.39 is 0 Å². The van der Waals surface area contributed by atoms with Crippen LogP contribution in [0.25, 0.3) is 11.2 Å². The quantitative estimate of drug-likeness (QED) is 0.448. The van der Waals surface area contributed by atoms with Crippen LogP contribution in [0.2, 0.25) is 0 Å². The summed E-state index contributed by atoms with van der Waals surface area (Å²) < 4.78 is 2.79. The molecule has 2 atom stereocenters. The summed E-state index contributed by atoms with van der Waals surface area (Å²) in [6, 6.07) is 2.33. The topological polar surface area (TPSA) is 121 Å². The summed E-state index contributed by atoms with van der Waals surface area (Å²) in [5.74, 6) is 1.08. The van der Waals surface area contributed by atoms with Gasteiger partial charge in [-0.1, -0.05) is 12.8 Å². The normalized spacial score (nSPS) is 19.6. The third-order valence-corrected chi connectivity index (χ3v) is 5.35. The van der Waals surface area contributed by atoms with Crippen molar-refractivity contribution < 1.29 is 4.73 Å². The van der Waals surface area contributed by atoms with Gasteiger partial charge in [-0.05, 0) is 39.7 Å². The number of anilines is 3. The van der Waals surface area contributed by atoms with Gasteiger partial charge in [0.25, 0.3) is 0 Å². The molecule has 0 aliphatic heterocycles. The van der Waals surface area contributed by atoms with Crippen molar-refractivity contribution in [2.45, 2.75) is 64.6 Å². The van der Waals surface area contributed by atoms with Gasteiger partial charge in [0.05, 0.1) is 6.33 Å². The molecule has 9 nitrogen and oxygen atoms in total. The molecular weight excluding hydrogens is 368 g/mol. The van der Waals surface area contributed by atoms with Gasteiger partial charge in [0.2, 0.25) is 12.1 Å². The molecule has 0 saturated heterocycles. The largest absolute Gasteiger partial charge is 0.619 e. The summed E-state index contributed by atoms with van der Waals surface area (Å²) in [4.78, 5) is 13.9. The second kappa shape index (κ2) is 7.82. The van der Waals surface area contributed by atoms with E-state index in [0.29, 0.717) is 23.0 Å². The van der Waals surface area contributed by atoms with Crippen LogP contribution in [0, 0.1) is 12.1 Å². The summed E-state index contributed by atoms with van der Waals surface area (Å²) in [6.07, 6.45) is 9.08. The zero-order valence-corrected chi connectivity index (χ0v) is 17.1. The third-order valence-electron chi connectivity index (χ3n) is 5.35. The minimum Gasteiger partial charge on any atom is -0.619 e. The van der Waals surface area contributed by atoms with E-state index in [2.05, 4.69) is 34.4 Å². The van der Waals surface area contributed by atoms with E-state index in [0.717, 1.165) is 41.6 Å². The molecule has 0 aromatic carbocycles. The van der Waals surface area contributed by atoms with Crippen LogP contribution in [0.3, 0.4) is 0 Å². The Hall–Kier alpha value is -2.94. The van der Waals surface area contributed by atoms with E-state index in [4.69, 9.17) is 10.7 Å². The fraction of sp³-hybridized carbons (Fsp3) is 0.500. The molecule has 3 aromatic rings. The van der Waals surface area contributed by atoms with Gasteiger partial charge < -0.3 is 26.1 Å². The molecule has 1 saturated carbocycles. The fourth-order valence-corrected chi connectivity index (χ4v) is 3.85. The van der Waals surface area contributed by atoms with Gasteiger partial charge in [-0.2, -0.15) is 14.7 Å². The van der Waals surface area contributed by atoms with Gasteiger partial charge >= 0.3 is 0 Å². The Morgan fingerprint density at radius 2 is 2.03 bits per heavy atom. The highest BCUT2D eigenvalue weighted by molar-refractivity contribution is 5.86. The second-order valence-corrected chi connectivity index (χ2v) is 8.10. The molecule has 0 spiro atoms. The number of pyridine rings is 1. The number of aryl methyl sites for hydroxylation is 1. The SMILES string of the molecule is Cc1cc(Nc2nc(N[C@H]3CCCC[C@@H]3N)nc3c2ncn3C(C)C)c[n+]([O-])c1. The number of hydrogen-bond donors (Lipinski definition) is 3. The average Bonchev–Trinajstić information content (AvgIpc) is 3.07. The first-order chi connectivity index (χ1) is 13.9. The highest BCUT2D eigenvalue weighted by atomic mass is 16.5. The lowest BCUT2D eigenvalue weighted by atomic mass is 9.91. The van der Waals surface area contributed by atoms with Crippen molar-refractivity contribution in [3.8, 4) is 0 Å². The van der Waals surface area contributed by atoms with Gasteiger partial charge in [-0.25, -0.2) is 4.98 Å². The van der Waals surface area contributed by atoms with E-state index in [1.165, 1.54) is 12.4 Å². The minimum absolute atomic E-state index is 0.0886. The van der Waals surface area contributed by atoms with Crippen LogP contribution < -0.4 is 21.1 Å². The second-order valence-electron chi connectivity index (χ2n) is 8.10. The van der Waals surface area contributed by atoms with Crippen LogP contribution in [-0.4, -0.2) is 31.6 Å². The first kappa shape index (κ1) is 19.4. The fourth-order valence-electron chi connectivity index (χ4n) is 3.85. The Morgan fingerprint density at radius 3 is 2.76 bits per heavy atom. The van der Waals surface area contributed by atoms with Gasteiger partial charge in [0.15, 0.2) is 23.2 Å². The molecule has 0 amide bonds. The van der Waals surface area contributed by atoms with E-state index >= 15 is 0 Å². The van der Waals surface area contributed by atoms with Crippen LogP contribution in [0.15, 0.2) is 24.8 Å². The highest BCUT2D eigenvalue weighted by Gasteiger charge is 2.24. The molecule has 154 valence electrons. The van der Waals surface area contributed by atoms with Crippen LogP contribution in [-0.2, 0) is 0 Å². The molecule has 3 heterocycles. The molecule has 0 unspecified atom stereocenters. The van der Waals surface area contributed by atoms with Crippen molar-refractivity contribution in [2.24, 2.45) is 5.73 Å². The third kappa shape index (κ3) is 4.09. The molecule has 4 N–H and O–H groups in total. The van der Waals surface area contributed by atoms with Crippen LogP contribution >= 0.6 is 0 Å². The van der Waals surface area contributed by atoms with Crippen molar-refractivity contribution in [1.82, 2.24) is 19.5 Å². The standard InChI is InChI=1S/C20H28N8O/c1-12(2)28-11-22-17-18(23-14-8-13(3)9-27(29)10-14)25-20(26-19(17)28)24-16-7-5-4-6-15(16)21/h8-12,15-16H,4-7,21H2,1-3H3,(H2,23,24,25,26)/t15-,16-/m0/s1. The molecule has 29 heavy (non-hydrogen) atoms. The number of fused-ring (bicyclic) bond motifs is 1. The maximum Gasteiger partial charge on any atom is 0.227 e. The molecule has 1 aliphatic rings. The average molecular weight is 396 g/mol. The van der Waals surface area contributed by atoms with Gasteiger partial charge in [0, 0.05) is 23.7 Å². The number of nitrogens with zero attached hydrogens (tertiary/aromatic N) is 5. The minimum atomic E-state index is 0.0886. The molecule has 0 radical (unpaired) electrons. The number of nitrogens with two attached hydrogens (primary N) is 1. The lowest BCUT2D eigenvalue weighted by molar-refractivity contribution is -0.605. The van der Waals surface area contributed by atoms with E-state index in [-0.39, 0.29) is 18.1 Å². The van der Waals surface area contributed by atoms with E-state index in [1.54, 1.807) is 6.33 Å². The Kier molecular flexibility index (Phi) is 5.23. The number of nitrogens with one attached hydrogen (secondary N) is 2. The van der Waals surface area contributed by atoms with Crippen molar-refractivity contribution in [3.05, 3.63) is 35.6 Å². The molecule has 1 aliphatic carbocycles. The highest BCUT2D eigenvalue weighted by Crippen LogP contribution is 2.27. The lowest BCUT2D eigenvalue weighted by Crippen LogP contribution is -2.43. The Balaban J connectivity index is 1.75. The monoisotopic (exact) mass is 396 g/mol. The van der Waals surface area contributed by atoms with E-state index in [1.807, 2.05) is 17.6 Å². The maximum absolute atomic E-state index is 11.8. The van der Waals surface area contributed by atoms with E-state index in [9.17, 15) is 5.21 Å². The molecule has 0 bridgehead atoms. The predicted octanol–water partition coefficient (Wildman–Crippen LogP) is 2.77. The summed E-state index contributed by atoms with van der Waals surface area (Å²) in [7, 11) is 0. The summed E-state index contributed by atoms with van der Waals surface area (Å²) in [5.41, 5.74) is 9.22. The lowest BCUT2D eigenvalue weighted by Gasteiger charge is -2.29. The molecular formula is C20H28N8O. The molecule has 1 fully saturated rings. The zero-order valence-electron chi connectivity index (χ0n) is 17.1. The summed E-state index contributed by atoms with van der Waals surface area (Å²) in [6.45, 7) is 6.04. The number of hydrogen-bond acceptors (Lipinski definition) is 7. The zero-order chi connectivity index (χ0) is 20.5. The Labute approximate surface area is 170 Å². The van der Waals surface area contributed by atoms with Crippen LogP contribution in [0.4, 0.5) is 17.5 Å². The summed E-state index contributed by atoms with van der Waals surface area (Å²) in [5, 5.41) is 18.5. The number of rotatable bonds is 5. The molecule has 9 heteroatoms. The first-order valence-electron chi connectivity index (χ1n) is 10.1. The summed E-state index contributed by atoms with van der Waals surface area (Å²) >= 11 is 0. The van der Waals surface area contributed by atoms with Gasteiger partial charge in [-0.15, -0.1) is 0 Å². The molecule has 3 aromatic heterocycles. The first-order valence-corrected chi connectivity index (χ1v) is 10.1. The van der Waals surface area contributed by atoms with Crippen LogP contribution in [0.5, 0.6) is 0 Å². The Bertz CT molecular complexity index is 995. The number of aromatic nitrogens is 5. The smallest absolute Gasteiger partial charge is 0.227 e. The van der Waals surface area contributed by atoms with Crippen molar-refractivity contribution >= 4 is 28.6 Å². The maximum atomic E-state index is 11.8. The Morgan fingerprint density at radius 1 is 1.24 bits per heavy atom. The predicted molar refractivity (Wildman–Crippen MR) is 113 cm³/mol. The van der Waals surface area contributed by atoms with Crippen molar-refractivity contribution in [1.29, 1.82) is 0 Å². The van der Waals surface area contributed by atoms with Gasteiger partial charge in [0.1, 0.15) is 5.69 Å².